The minimum atomic E-state index is 0.262. The Morgan fingerprint density at radius 2 is 1.74 bits per heavy atom. The first kappa shape index (κ1) is 17.3. The van der Waals surface area contributed by atoms with Crippen molar-refractivity contribution in [2.24, 2.45) is 29.4 Å². The highest BCUT2D eigenvalue weighted by atomic mass is 16.2. The van der Waals surface area contributed by atoms with Gasteiger partial charge in [0.15, 0.2) is 0 Å². The zero-order valence-electron chi connectivity index (χ0n) is 15.2. The van der Waals surface area contributed by atoms with Gasteiger partial charge >= 0.3 is 0 Å². The largest absolute Gasteiger partial charge is 0.339 e. The second kappa shape index (κ2) is 7.55. The highest BCUT2D eigenvalue weighted by molar-refractivity contribution is 5.79. The van der Waals surface area contributed by atoms with Crippen LogP contribution in [-0.4, -0.2) is 29.4 Å². The lowest BCUT2D eigenvalue weighted by Gasteiger charge is -2.45. The number of nitrogens with zero attached hydrogens (tertiary/aromatic N) is 1. The highest BCUT2D eigenvalue weighted by Gasteiger charge is 2.42. The van der Waals surface area contributed by atoms with E-state index in [1.165, 1.54) is 51.4 Å². The van der Waals surface area contributed by atoms with Crippen LogP contribution in [0, 0.1) is 23.7 Å². The number of rotatable bonds is 3. The summed E-state index contributed by atoms with van der Waals surface area (Å²) in [6.07, 6.45) is 12.1. The molecule has 0 radical (unpaired) electrons. The fraction of sp³-hybridized carbons (Fsp3) is 0.950. The molecule has 2 N–H and O–H groups in total. The van der Waals surface area contributed by atoms with E-state index in [1.54, 1.807) is 0 Å². The van der Waals surface area contributed by atoms with E-state index in [0.717, 1.165) is 19.4 Å². The molecule has 3 fully saturated rings. The Morgan fingerprint density at radius 1 is 1.04 bits per heavy atom. The molecular weight excluding hydrogens is 284 g/mol. The van der Waals surface area contributed by atoms with Crippen molar-refractivity contribution < 1.29 is 4.79 Å². The van der Waals surface area contributed by atoms with Gasteiger partial charge in [0.05, 0.1) is 0 Å². The van der Waals surface area contributed by atoms with E-state index in [4.69, 9.17) is 5.73 Å². The van der Waals surface area contributed by atoms with Crippen LogP contribution in [0.5, 0.6) is 0 Å². The second-order valence-electron chi connectivity index (χ2n) is 8.86. The van der Waals surface area contributed by atoms with Gasteiger partial charge in [-0.3, -0.25) is 4.79 Å². The van der Waals surface area contributed by atoms with Crippen LogP contribution in [0.25, 0.3) is 0 Å². The van der Waals surface area contributed by atoms with Crippen LogP contribution in [0.2, 0.25) is 0 Å². The molecular formula is C20H36N2O. The molecule has 0 aromatic rings. The van der Waals surface area contributed by atoms with Crippen LogP contribution in [0.4, 0.5) is 0 Å². The molecule has 1 aliphatic heterocycles. The van der Waals surface area contributed by atoms with Gasteiger partial charge < -0.3 is 10.6 Å². The summed E-state index contributed by atoms with van der Waals surface area (Å²) in [4.78, 5) is 15.6. The molecule has 1 saturated heterocycles. The zero-order valence-corrected chi connectivity index (χ0v) is 15.2. The number of fused-ring (bicyclic) bond motifs is 2. The molecule has 1 heterocycles. The lowest BCUT2D eigenvalue weighted by molar-refractivity contribution is -0.141. The molecule has 3 unspecified atom stereocenters. The first-order valence-electron chi connectivity index (χ1n) is 10.1. The molecule has 3 nitrogen and oxygen atoms in total. The monoisotopic (exact) mass is 320 g/mol. The van der Waals surface area contributed by atoms with E-state index in [1.807, 2.05) is 0 Å². The van der Waals surface area contributed by atoms with Gasteiger partial charge in [0, 0.05) is 24.5 Å². The van der Waals surface area contributed by atoms with Crippen LogP contribution in [0.15, 0.2) is 0 Å². The van der Waals surface area contributed by atoms with E-state index in [0.29, 0.717) is 35.7 Å². The zero-order chi connectivity index (χ0) is 16.4. The fourth-order valence-electron chi connectivity index (χ4n) is 5.48. The van der Waals surface area contributed by atoms with Crippen molar-refractivity contribution >= 4 is 5.91 Å². The Kier molecular flexibility index (Phi) is 5.66. The molecule has 2 saturated carbocycles. The maximum absolute atomic E-state index is 13.3. The lowest BCUT2D eigenvalue weighted by Crippen LogP contribution is -2.51. The van der Waals surface area contributed by atoms with E-state index < -0.39 is 0 Å². The Balaban J connectivity index is 1.69. The third-order valence-corrected chi connectivity index (χ3v) is 6.67. The number of carbonyl (C=O) groups excluding carboxylic acids is 1. The van der Waals surface area contributed by atoms with E-state index in [2.05, 4.69) is 18.7 Å². The molecule has 0 spiro atoms. The summed E-state index contributed by atoms with van der Waals surface area (Å²) >= 11 is 0. The average Bonchev–Trinajstić information content (AvgIpc) is 2.71. The molecule has 0 aromatic carbocycles. The van der Waals surface area contributed by atoms with Crippen LogP contribution < -0.4 is 5.73 Å². The SMILES string of the molecule is CC(C)CC1CCCCCN1C(=O)C1CC2CCCC(C1)C2N. The Bertz CT molecular complexity index is 394. The van der Waals surface area contributed by atoms with E-state index in [9.17, 15) is 4.79 Å². The Labute approximate surface area is 142 Å². The van der Waals surface area contributed by atoms with Crippen LogP contribution in [0.3, 0.4) is 0 Å². The van der Waals surface area contributed by atoms with Crippen molar-refractivity contribution in [2.45, 2.75) is 90.1 Å². The average molecular weight is 321 g/mol. The summed E-state index contributed by atoms with van der Waals surface area (Å²) in [7, 11) is 0. The van der Waals surface area contributed by atoms with Crippen molar-refractivity contribution in [1.29, 1.82) is 0 Å². The summed E-state index contributed by atoms with van der Waals surface area (Å²) < 4.78 is 0. The summed E-state index contributed by atoms with van der Waals surface area (Å²) in [5.74, 6) is 2.62. The predicted molar refractivity (Wildman–Crippen MR) is 95.0 cm³/mol. The standard InChI is InChI=1S/C20H36N2O/c1-14(2)11-18-9-4-3-5-10-22(18)20(23)17-12-15-7-6-8-16(13-17)19(15)21/h14-19H,3-13,21H2,1-2H3. The van der Waals surface area contributed by atoms with Gasteiger partial charge in [-0.25, -0.2) is 0 Å². The van der Waals surface area contributed by atoms with Gasteiger partial charge in [-0.2, -0.15) is 0 Å². The minimum Gasteiger partial charge on any atom is -0.339 e. The van der Waals surface area contributed by atoms with Gasteiger partial charge in [0.2, 0.25) is 5.91 Å². The van der Waals surface area contributed by atoms with E-state index >= 15 is 0 Å². The molecule has 132 valence electrons. The molecule has 3 aliphatic rings. The number of hydrogen-bond acceptors (Lipinski definition) is 2. The number of likely N-dealkylation sites (tertiary alicyclic amines) is 1. The summed E-state index contributed by atoms with van der Waals surface area (Å²) in [6, 6.07) is 0.851. The van der Waals surface area contributed by atoms with Crippen LogP contribution in [-0.2, 0) is 4.79 Å². The number of amides is 1. The quantitative estimate of drug-likeness (QED) is 0.855. The maximum atomic E-state index is 13.3. The predicted octanol–water partition coefficient (Wildman–Crippen LogP) is 3.96. The first-order valence-corrected chi connectivity index (χ1v) is 10.1. The van der Waals surface area contributed by atoms with Crippen LogP contribution in [0.1, 0.15) is 78.1 Å². The molecule has 1 amide bonds. The van der Waals surface area contributed by atoms with E-state index in [-0.39, 0.29) is 5.92 Å². The summed E-state index contributed by atoms with van der Waals surface area (Å²) in [5.41, 5.74) is 6.42. The maximum Gasteiger partial charge on any atom is 0.225 e. The highest BCUT2D eigenvalue weighted by Crippen LogP contribution is 2.43. The topological polar surface area (TPSA) is 46.3 Å². The third-order valence-electron chi connectivity index (χ3n) is 6.67. The Hall–Kier alpha value is -0.570. The molecule has 2 bridgehead atoms. The molecule has 3 heteroatoms. The number of carbonyl (C=O) groups is 1. The number of nitrogens with two attached hydrogens (primary N) is 1. The third kappa shape index (κ3) is 3.92. The molecule has 0 aromatic heterocycles. The molecule has 2 aliphatic carbocycles. The lowest BCUT2D eigenvalue weighted by atomic mass is 9.65. The van der Waals surface area contributed by atoms with Crippen molar-refractivity contribution in [3.8, 4) is 0 Å². The van der Waals surface area contributed by atoms with Gasteiger partial charge in [-0.05, 0) is 62.7 Å². The normalized spacial score (nSPS) is 38.4. The molecule has 3 rings (SSSR count). The van der Waals surface area contributed by atoms with Gasteiger partial charge in [0.1, 0.15) is 0 Å². The van der Waals surface area contributed by atoms with Crippen molar-refractivity contribution in [3.05, 3.63) is 0 Å². The Morgan fingerprint density at radius 3 is 2.39 bits per heavy atom. The van der Waals surface area contributed by atoms with Crippen molar-refractivity contribution in [1.82, 2.24) is 4.90 Å². The second-order valence-corrected chi connectivity index (χ2v) is 8.86. The van der Waals surface area contributed by atoms with Crippen molar-refractivity contribution in [3.63, 3.8) is 0 Å². The first-order chi connectivity index (χ1) is 11.1. The van der Waals surface area contributed by atoms with Gasteiger partial charge in [-0.15, -0.1) is 0 Å². The molecule has 23 heavy (non-hydrogen) atoms. The van der Waals surface area contributed by atoms with Crippen molar-refractivity contribution in [2.75, 3.05) is 6.54 Å². The summed E-state index contributed by atoms with van der Waals surface area (Å²) in [5, 5.41) is 0. The van der Waals surface area contributed by atoms with Gasteiger partial charge in [-0.1, -0.05) is 33.1 Å². The number of hydrogen-bond donors (Lipinski definition) is 1. The smallest absolute Gasteiger partial charge is 0.225 e. The van der Waals surface area contributed by atoms with Crippen LogP contribution >= 0.6 is 0 Å². The summed E-state index contributed by atoms with van der Waals surface area (Å²) in [6.45, 7) is 5.57. The van der Waals surface area contributed by atoms with Gasteiger partial charge in [0.25, 0.3) is 0 Å². The minimum absolute atomic E-state index is 0.262. The molecule has 3 atom stereocenters. The fourth-order valence-corrected chi connectivity index (χ4v) is 5.48.